The first-order chi connectivity index (χ1) is 17.9. The Morgan fingerprint density at radius 1 is 0.444 bits per heavy atom. The van der Waals surface area contributed by atoms with Crippen LogP contribution in [0.15, 0.2) is 132 Å². The van der Waals surface area contributed by atoms with Crippen LogP contribution in [-0.2, 0) is 0 Å². The molecule has 2 heterocycles. The zero-order valence-electron chi connectivity index (χ0n) is 19.5. The molecule has 8 aromatic rings. The molecule has 2 aromatic heterocycles. The Labute approximate surface area is 207 Å². The maximum Gasteiger partial charge on any atom is 0.160 e. The molecule has 0 aliphatic carbocycles. The van der Waals surface area contributed by atoms with E-state index in [0.717, 1.165) is 27.8 Å². The lowest BCUT2D eigenvalue weighted by molar-refractivity contribution is 0.671. The van der Waals surface area contributed by atoms with E-state index in [-0.39, 0.29) is 0 Å². The van der Waals surface area contributed by atoms with E-state index < -0.39 is 0 Å². The van der Waals surface area contributed by atoms with E-state index in [0.29, 0.717) is 0 Å². The summed E-state index contributed by atoms with van der Waals surface area (Å²) in [6.45, 7) is 0. The molecule has 0 fully saturated rings. The Kier molecular flexibility index (Phi) is 3.97. The molecule has 6 aromatic carbocycles. The van der Waals surface area contributed by atoms with Gasteiger partial charge in [-0.3, -0.25) is 0 Å². The first kappa shape index (κ1) is 19.5. The molecule has 2 nitrogen and oxygen atoms in total. The quantitative estimate of drug-likeness (QED) is 0.252. The molecule has 0 aliphatic rings. The molecule has 0 saturated carbocycles. The second kappa shape index (κ2) is 7.34. The maximum atomic E-state index is 6.64. The molecule has 0 N–H and O–H groups in total. The second-order valence-corrected chi connectivity index (χ2v) is 9.34. The van der Waals surface area contributed by atoms with Crippen molar-refractivity contribution in [2.75, 3.05) is 0 Å². The molecule has 0 aliphatic heterocycles. The summed E-state index contributed by atoms with van der Waals surface area (Å²) in [5.41, 5.74) is 7.70. The monoisotopic (exact) mass is 459 g/mol. The van der Waals surface area contributed by atoms with Crippen molar-refractivity contribution in [3.8, 4) is 16.8 Å². The lowest BCUT2D eigenvalue weighted by Crippen LogP contribution is -1.94. The lowest BCUT2D eigenvalue weighted by atomic mass is 9.99. The molecule has 168 valence electrons. The van der Waals surface area contributed by atoms with E-state index in [1.165, 1.54) is 43.6 Å². The third-order valence-corrected chi connectivity index (χ3v) is 7.38. The third kappa shape index (κ3) is 2.61. The van der Waals surface area contributed by atoms with Gasteiger partial charge < -0.3 is 8.98 Å². The van der Waals surface area contributed by atoms with E-state index in [1.807, 2.05) is 6.07 Å². The van der Waals surface area contributed by atoms with Crippen LogP contribution in [0.2, 0.25) is 0 Å². The Hall–Kier alpha value is -4.82. The minimum absolute atomic E-state index is 0.918. The lowest BCUT2D eigenvalue weighted by Gasteiger charge is -2.10. The molecule has 36 heavy (non-hydrogen) atoms. The molecule has 0 saturated heterocycles. The highest BCUT2D eigenvalue weighted by molar-refractivity contribution is 6.35. The number of hydrogen-bond donors (Lipinski definition) is 0. The Morgan fingerprint density at radius 3 is 1.81 bits per heavy atom. The molecule has 0 radical (unpaired) electrons. The van der Waals surface area contributed by atoms with Crippen molar-refractivity contribution in [1.82, 2.24) is 4.57 Å². The number of aromatic nitrogens is 1. The van der Waals surface area contributed by atoms with E-state index >= 15 is 0 Å². The van der Waals surface area contributed by atoms with Crippen molar-refractivity contribution < 1.29 is 4.42 Å². The summed E-state index contributed by atoms with van der Waals surface area (Å²) in [5.74, 6) is 0. The van der Waals surface area contributed by atoms with E-state index in [4.69, 9.17) is 4.42 Å². The highest BCUT2D eigenvalue weighted by Gasteiger charge is 2.22. The first-order valence-corrected chi connectivity index (χ1v) is 12.3. The van der Waals surface area contributed by atoms with Gasteiger partial charge in [-0.05, 0) is 46.2 Å². The van der Waals surface area contributed by atoms with Crippen LogP contribution in [0.4, 0.5) is 0 Å². The van der Waals surface area contributed by atoms with E-state index in [2.05, 4.69) is 126 Å². The topological polar surface area (TPSA) is 18.1 Å². The van der Waals surface area contributed by atoms with Crippen molar-refractivity contribution in [3.63, 3.8) is 0 Å². The minimum Gasteiger partial charge on any atom is -0.454 e. The summed E-state index contributed by atoms with van der Waals surface area (Å²) < 4.78 is 9.01. The first-order valence-electron chi connectivity index (χ1n) is 12.3. The van der Waals surface area contributed by atoms with Gasteiger partial charge in [0.1, 0.15) is 5.58 Å². The number of fused-ring (bicyclic) bond motifs is 10. The summed E-state index contributed by atoms with van der Waals surface area (Å²) in [6, 6.07) is 45.2. The molecule has 0 amide bonds. The van der Waals surface area contributed by atoms with Crippen LogP contribution >= 0.6 is 0 Å². The van der Waals surface area contributed by atoms with Crippen molar-refractivity contribution >= 4 is 54.5 Å². The summed E-state index contributed by atoms with van der Waals surface area (Å²) >= 11 is 0. The summed E-state index contributed by atoms with van der Waals surface area (Å²) in [4.78, 5) is 0. The van der Waals surface area contributed by atoms with Gasteiger partial charge in [-0.25, -0.2) is 0 Å². The third-order valence-electron chi connectivity index (χ3n) is 7.38. The maximum absolute atomic E-state index is 6.64. The SMILES string of the molecule is c1ccc(-c2ccc(-n3c4ccccc4c4c5ccccc5c5c6ccccc6oc5c43)cc2)cc1. The fourth-order valence-corrected chi connectivity index (χ4v) is 5.83. The van der Waals surface area contributed by atoms with E-state index in [1.54, 1.807) is 0 Å². The van der Waals surface area contributed by atoms with Crippen LogP contribution in [0.3, 0.4) is 0 Å². The van der Waals surface area contributed by atoms with E-state index in [9.17, 15) is 0 Å². The molecule has 0 bridgehead atoms. The highest BCUT2D eigenvalue weighted by Crippen LogP contribution is 2.45. The highest BCUT2D eigenvalue weighted by atomic mass is 16.3. The van der Waals surface area contributed by atoms with Gasteiger partial charge in [0.15, 0.2) is 5.58 Å². The summed E-state index contributed by atoms with van der Waals surface area (Å²) in [7, 11) is 0. The number of para-hydroxylation sites is 2. The van der Waals surface area contributed by atoms with Crippen molar-refractivity contribution in [3.05, 3.63) is 127 Å². The predicted octanol–water partition coefficient (Wildman–Crippen LogP) is 9.50. The van der Waals surface area contributed by atoms with Crippen LogP contribution < -0.4 is 0 Å². The zero-order valence-corrected chi connectivity index (χ0v) is 19.5. The molecular formula is C34H21NO. The van der Waals surface area contributed by atoms with Crippen molar-refractivity contribution in [2.24, 2.45) is 0 Å². The molecule has 0 spiro atoms. The normalized spacial score (nSPS) is 11.9. The van der Waals surface area contributed by atoms with Crippen LogP contribution in [0.1, 0.15) is 0 Å². The number of benzene rings is 6. The van der Waals surface area contributed by atoms with Gasteiger partial charge in [-0.1, -0.05) is 103 Å². The number of rotatable bonds is 2. The zero-order chi connectivity index (χ0) is 23.6. The number of nitrogens with zero attached hydrogens (tertiary/aromatic N) is 1. The number of hydrogen-bond acceptors (Lipinski definition) is 1. The average Bonchev–Trinajstić information content (AvgIpc) is 3.51. The van der Waals surface area contributed by atoms with Crippen molar-refractivity contribution in [2.45, 2.75) is 0 Å². The predicted molar refractivity (Wildman–Crippen MR) is 151 cm³/mol. The van der Waals surface area contributed by atoms with Crippen LogP contribution in [-0.4, -0.2) is 4.57 Å². The smallest absolute Gasteiger partial charge is 0.160 e. The summed E-state index contributed by atoms with van der Waals surface area (Å²) in [5, 5.41) is 7.29. The van der Waals surface area contributed by atoms with Crippen molar-refractivity contribution in [1.29, 1.82) is 0 Å². The molecular weight excluding hydrogens is 438 g/mol. The molecule has 0 atom stereocenters. The fraction of sp³-hybridized carbons (Fsp3) is 0. The van der Waals surface area contributed by atoms with Gasteiger partial charge in [0.05, 0.1) is 11.0 Å². The largest absolute Gasteiger partial charge is 0.454 e. The van der Waals surface area contributed by atoms with Crippen LogP contribution in [0, 0.1) is 0 Å². The molecule has 2 heteroatoms. The van der Waals surface area contributed by atoms with Gasteiger partial charge in [-0.2, -0.15) is 0 Å². The molecule has 0 unspecified atom stereocenters. The number of furan rings is 1. The van der Waals surface area contributed by atoms with Gasteiger partial charge in [0.2, 0.25) is 0 Å². The Bertz CT molecular complexity index is 2080. The van der Waals surface area contributed by atoms with Gasteiger partial charge in [0.25, 0.3) is 0 Å². The Morgan fingerprint density at radius 2 is 1.03 bits per heavy atom. The summed E-state index contributed by atoms with van der Waals surface area (Å²) in [6.07, 6.45) is 0. The van der Waals surface area contributed by atoms with Crippen LogP contribution in [0.5, 0.6) is 0 Å². The molecule has 8 rings (SSSR count). The fourth-order valence-electron chi connectivity index (χ4n) is 5.83. The average molecular weight is 460 g/mol. The van der Waals surface area contributed by atoms with Crippen LogP contribution in [0.25, 0.3) is 71.3 Å². The van der Waals surface area contributed by atoms with Gasteiger partial charge in [-0.15, -0.1) is 0 Å². The minimum atomic E-state index is 0.918. The Balaban J connectivity index is 1.56. The van der Waals surface area contributed by atoms with Gasteiger partial charge in [0, 0.05) is 27.2 Å². The van der Waals surface area contributed by atoms with Gasteiger partial charge >= 0.3 is 0 Å². The second-order valence-electron chi connectivity index (χ2n) is 9.34. The standard InChI is InChI=1S/C34H21NO/c1-2-10-22(11-3-1)23-18-20-24(21-19-23)35-29-16-8-6-14-27(29)31-25-12-4-5-13-26(25)32-28-15-7-9-17-30(28)36-34(32)33(31)35/h1-21H.